The Morgan fingerprint density at radius 3 is 2.25 bits per heavy atom. The van der Waals surface area contributed by atoms with E-state index in [-0.39, 0.29) is 0 Å². The van der Waals surface area contributed by atoms with Crippen LogP contribution < -0.4 is 0 Å². The number of aromatic amines is 1. The summed E-state index contributed by atoms with van der Waals surface area (Å²) in [6.45, 7) is 0. The van der Waals surface area contributed by atoms with Crippen LogP contribution in [0.3, 0.4) is 0 Å². The van der Waals surface area contributed by atoms with E-state index >= 15 is 0 Å². The zero-order valence-corrected chi connectivity index (χ0v) is 13.7. The number of H-pyrrole nitrogens is 1. The molecule has 0 amide bonds. The Hall–Kier alpha value is -2.70. The van der Waals surface area contributed by atoms with E-state index in [1.165, 1.54) is 0 Å². The van der Waals surface area contributed by atoms with Crippen LogP contribution in [-0.4, -0.2) is 30.4 Å². The Morgan fingerprint density at radius 1 is 0.875 bits per heavy atom. The molecule has 4 rings (SSSR count). The van der Waals surface area contributed by atoms with Crippen molar-refractivity contribution in [2.45, 2.75) is 0 Å². The highest BCUT2D eigenvalue weighted by Gasteiger charge is 2.17. The van der Waals surface area contributed by atoms with Crippen molar-refractivity contribution in [1.82, 2.24) is 30.4 Å². The minimum absolute atomic E-state index is 0.580. The summed E-state index contributed by atoms with van der Waals surface area (Å²) in [6, 6.07) is 14.8. The summed E-state index contributed by atoms with van der Waals surface area (Å²) in [6.07, 6.45) is 1.70. The van der Waals surface area contributed by atoms with Gasteiger partial charge < -0.3 is 0 Å². The summed E-state index contributed by atoms with van der Waals surface area (Å²) in [5.74, 6) is 0.580. The number of hydrogen-bond donors (Lipinski definition) is 1. The number of rotatable bonds is 3. The smallest absolute Gasteiger partial charge is 0.190 e. The van der Waals surface area contributed by atoms with Gasteiger partial charge in [-0.2, -0.15) is 9.78 Å². The zero-order valence-electron chi connectivity index (χ0n) is 12.2. The van der Waals surface area contributed by atoms with Crippen molar-refractivity contribution < 1.29 is 0 Å². The van der Waals surface area contributed by atoms with Crippen LogP contribution in [0.25, 0.3) is 28.3 Å². The summed E-state index contributed by atoms with van der Waals surface area (Å²) in [5.41, 5.74) is 3.36. The number of benzene rings is 2. The summed E-state index contributed by atoms with van der Waals surface area (Å²) in [4.78, 5) is 0. The molecule has 0 unspecified atom stereocenters. The molecule has 0 fully saturated rings. The largest absolute Gasteiger partial charge is 0.277 e. The van der Waals surface area contributed by atoms with Crippen LogP contribution in [0.4, 0.5) is 0 Å². The van der Waals surface area contributed by atoms with Crippen LogP contribution in [0.2, 0.25) is 10.0 Å². The van der Waals surface area contributed by atoms with Crippen molar-refractivity contribution in [3.8, 4) is 28.3 Å². The first kappa shape index (κ1) is 14.9. The summed E-state index contributed by atoms with van der Waals surface area (Å²) < 4.78 is 1.64. The molecule has 6 nitrogen and oxygen atoms in total. The molecule has 4 aromatic rings. The van der Waals surface area contributed by atoms with Gasteiger partial charge in [0.1, 0.15) is 0 Å². The molecule has 2 aromatic heterocycles. The van der Waals surface area contributed by atoms with E-state index < -0.39 is 0 Å². The molecule has 1 N–H and O–H groups in total. The third-order valence-electron chi connectivity index (χ3n) is 3.55. The van der Waals surface area contributed by atoms with E-state index in [1.807, 2.05) is 36.4 Å². The number of halogens is 2. The summed E-state index contributed by atoms with van der Waals surface area (Å²) >= 11 is 11.9. The van der Waals surface area contributed by atoms with Crippen LogP contribution in [0, 0.1) is 0 Å². The van der Waals surface area contributed by atoms with E-state index in [9.17, 15) is 0 Å². The maximum atomic E-state index is 5.96. The average Bonchev–Trinajstić information content (AvgIpc) is 3.25. The highest BCUT2D eigenvalue weighted by Crippen LogP contribution is 2.30. The summed E-state index contributed by atoms with van der Waals surface area (Å²) in [7, 11) is 0. The van der Waals surface area contributed by atoms with Crippen LogP contribution in [0.1, 0.15) is 0 Å². The quantitative estimate of drug-likeness (QED) is 0.601. The number of aromatic nitrogens is 6. The average molecular weight is 357 g/mol. The Bertz CT molecular complexity index is 891. The van der Waals surface area contributed by atoms with Crippen molar-refractivity contribution in [1.29, 1.82) is 0 Å². The first-order valence-electron chi connectivity index (χ1n) is 7.06. The van der Waals surface area contributed by atoms with Crippen molar-refractivity contribution >= 4 is 23.2 Å². The molecule has 0 aliphatic rings. The lowest BCUT2D eigenvalue weighted by Gasteiger charge is -2.05. The highest BCUT2D eigenvalue weighted by atomic mass is 35.5. The molecule has 2 aromatic carbocycles. The van der Waals surface area contributed by atoms with Gasteiger partial charge in [-0.05, 0) is 46.8 Å². The van der Waals surface area contributed by atoms with E-state index in [2.05, 4.69) is 25.7 Å². The molecular formula is C16H10Cl2N6. The van der Waals surface area contributed by atoms with Gasteiger partial charge in [-0.15, -0.1) is 5.10 Å². The standard InChI is InChI=1S/C16H10Cl2N6/c17-11-3-1-10(2-4-11)15-14(9-19-20-15)16-21-22-23-24(16)13-7-5-12(18)6-8-13/h1-9H,(H,19,20). The third kappa shape index (κ3) is 2.66. The van der Waals surface area contributed by atoms with Gasteiger partial charge in [-0.3, -0.25) is 5.10 Å². The molecule has 0 bridgehead atoms. The Morgan fingerprint density at radius 2 is 1.54 bits per heavy atom. The Labute approximate surface area is 147 Å². The molecule has 0 saturated heterocycles. The predicted molar refractivity (Wildman–Crippen MR) is 92.2 cm³/mol. The van der Waals surface area contributed by atoms with E-state index in [4.69, 9.17) is 23.2 Å². The predicted octanol–water partition coefficient (Wildman–Crippen LogP) is 4.03. The Balaban J connectivity index is 1.82. The number of nitrogens with zero attached hydrogens (tertiary/aromatic N) is 5. The van der Waals surface area contributed by atoms with Gasteiger partial charge in [-0.1, -0.05) is 35.3 Å². The monoisotopic (exact) mass is 356 g/mol. The second-order valence-corrected chi connectivity index (χ2v) is 5.93. The first-order chi connectivity index (χ1) is 11.7. The van der Waals surface area contributed by atoms with Crippen molar-refractivity contribution in [3.05, 3.63) is 64.8 Å². The number of tetrazole rings is 1. The minimum atomic E-state index is 0.580. The first-order valence-corrected chi connectivity index (χ1v) is 7.82. The number of hydrogen-bond acceptors (Lipinski definition) is 4. The second-order valence-electron chi connectivity index (χ2n) is 5.06. The molecule has 0 atom stereocenters. The van der Waals surface area contributed by atoms with E-state index in [0.29, 0.717) is 15.9 Å². The van der Waals surface area contributed by atoms with Crippen LogP contribution >= 0.6 is 23.2 Å². The molecule has 0 radical (unpaired) electrons. The van der Waals surface area contributed by atoms with E-state index in [1.54, 1.807) is 23.0 Å². The van der Waals surface area contributed by atoms with Gasteiger partial charge in [0.25, 0.3) is 0 Å². The third-order valence-corrected chi connectivity index (χ3v) is 4.06. The fourth-order valence-electron chi connectivity index (χ4n) is 2.40. The molecule has 0 aliphatic heterocycles. The van der Waals surface area contributed by atoms with Crippen molar-refractivity contribution in [2.24, 2.45) is 0 Å². The lowest BCUT2D eigenvalue weighted by atomic mass is 10.1. The maximum absolute atomic E-state index is 5.96. The summed E-state index contributed by atoms with van der Waals surface area (Å²) in [5, 5.41) is 20.5. The maximum Gasteiger partial charge on any atom is 0.190 e. The van der Waals surface area contributed by atoms with Gasteiger partial charge in [0.2, 0.25) is 0 Å². The second kappa shape index (κ2) is 6.07. The van der Waals surface area contributed by atoms with E-state index in [0.717, 1.165) is 22.5 Å². The van der Waals surface area contributed by atoms with Gasteiger partial charge in [-0.25, -0.2) is 0 Å². The van der Waals surface area contributed by atoms with Gasteiger partial charge in [0.15, 0.2) is 5.82 Å². The fraction of sp³-hybridized carbons (Fsp3) is 0. The van der Waals surface area contributed by atoms with Gasteiger partial charge in [0.05, 0.1) is 23.1 Å². The molecule has 0 saturated carbocycles. The molecular weight excluding hydrogens is 347 g/mol. The lowest BCUT2D eigenvalue weighted by Crippen LogP contribution is -1.99. The van der Waals surface area contributed by atoms with Crippen molar-refractivity contribution in [3.63, 3.8) is 0 Å². The molecule has 0 aliphatic carbocycles. The van der Waals surface area contributed by atoms with Crippen LogP contribution in [0.15, 0.2) is 54.7 Å². The lowest BCUT2D eigenvalue weighted by molar-refractivity contribution is 0.791. The van der Waals surface area contributed by atoms with Gasteiger partial charge in [0, 0.05) is 15.6 Å². The molecule has 2 heterocycles. The number of nitrogens with one attached hydrogen (secondary N) is 1. The van der Waals surface area contributed by atoms with Crippen LogP contribution in [0.5, 0.6) is 0 Å². The minimum Gasteiger partial charge on any atom is -0.277 e. The molecule has 0 spiro atoms. The van der Waals surface area contributed by atoms with Crippen LogP contribution in [-0.2, 0) is 0 Å². The molecule has 118 valence electrons. The molecule has 24 heavy (non-hydrogen) atoms. The topological polar surface area (TPSA) is 72.3 Å². The van der Waals surface area contributed by atoms with Gasteiger partial charge >= 0.3 is 0 Å². The fourth-order valence-corrected chi connectivity index (χ4v) is 2.66. The normalized spacial score (nSPS) is 10.9. The zero-order chi connectivity index (χ0) is 16.5. The van der Waals surface area contributed by atoms with Crippen molar-refractivity contribution in [2.75, 3.05) is 0 Å². The molecule has 8 heteroatoms. The SMILES string of the molecule is Clc1ccc(-c2[nH]ncc2-c2nnnn2-c2ccc(Cl)cc2)cc1. The Kier molecular flexibility index (Phi) is 3.76. The highest BCUT2D eigenvalue weighted by molar-refractivity contribution is 6.30.